The highest BCUT2D eigenvalue weighted by atomic mass is 16.4. The van der Waals surface area contributed by atoms with Gasteiger partial charge in [0.15, 0.2) is 5.58 Å². The second kappa shape index (κ2) is 4.47. The summed E-state index contributed by atoms with van der Waals surface area (Å²) in [7, 11) is 0. The molecule has 0 amide bonds. The van der Waals surface area contributed by atoms with Crippen molar-refractivity contribution in [2.45, 2.75) is 26.2 Å². The molecule has 3 nitrogen and oxygen atoms in total. The van der Waals surface area contributed by atoms with Gasteiger partial charge in [-0.05, 0) is 24.3 Å². The molecule has 0 fully saturated rings. The lowest BCUT2D eigenvalue weighted by Gasteiger charge is -2.20. The average molecular weight is 290 g/mol. The van der Waals surface area contributed by atoms with E-state index in [1.807, 2.05) is 30.3 Å². The standard InChI is InChI=1S/C19H18N2O/c1-19(2,3)17-12-13-8-4-6-10-15(13)21(17)18-20-14-9-5-7-11-16(14)22-18/h4-12H,1-3H3. The van der Waals surface area contributed by atoms with Crippen LogP contribution in [0.2, 0.25) is 0 Å². The molecule has 0 aliphatic carbocycles. The van der Waals surface area contributed by atoms with Crippen molar-refractivity contribution < 1.29 is 4.42 Å². The molecule has 0 saturated carbocycles. The smallest absolute Gasteiger partial charge is 0.307 e. The summed E-state index contributed by atoms with van der Waals surface area (Å²) in [5, 5.41) is 1.20. The largest absolute Gasteiger partial charge is 0.423 e. The van der Waals surface area contributed by atoms with Crippen molar-refractivity contribution in [2.75, 3.05) is 0 Å². The number of aromatic nitrogens is 2. The van der Waals surface area contributed by atoms with Gasteiger partial charge in [-0.3, -0.25) is 4.57 Å². The Morgan fingerprint density at radius 3 is 2.45 bits per heavy atom. The van der Waals surface area contributed by atoms with Crippen molar-refractivity contribution in [3.63, 3.8) is 0 Å². The zero-order valence-electron chi connectivity index (χ0n) is 13.0. The lowest BCUT2D eigenvalue weighted by Crippen LogP contribution is -2.16. The molecule has 0 N–H and O–H groups in total. The molecular formula is C19H18N2O. The van der Waals surface area contributed by atoms with Crippen molar-refractivity contribution >= 4 is 22.0 Å². The molecule has 2 heterocycles. The van der Waals surface area contributed by atoms with E-state index in [-0.39, 0.29) is 5.41 Å². The summed E-state index contributed by atoms with van der Waals surface area (Å²) in [6.45, 7) is 6.63. The predicted molar refractivity (Wildman–Crippen MR) is 89.5 cm³/mol. The summed E-state index contributed by atoms with van der Waals surface area (Å²) in [6, 6.07) is 19.1. The third-order valence-electron chi connectivity index (χ3n) is 3.95. The quantitative estimate of drug-likeness (QED) is 0.490. The minimum Gasteiger partial charge on any atom is -0.423 e. The van der Waals surface area contributed by atoms with E-state index in [1.165, 1.54) is 11.1 Å². The summed E-state index contributed by atoms with van der Waals surface area (Å²) >= 11 is 0. The number of fused-ring (bicyclic) bond motifs is 2. The molecule has 0 atom stereocenters. The summed E-state index contributed by atoms with van der Waals surface area (Å²) in [5.41, 5.74) is 4.02. The van der Waals surface area contributed by atoms with Crippen LogP contribution in [-0.4, -0.2) is 9.55 Å². The predicted octanol–water partition coefficient (Wildman–Crippen LogP) is 5.07. The van der Waals surface area contributed by atoms with Gasteiger partial charge in [-0.25, -0.2) is 0 Å². The van der Waals surface area contributed by atoms with Crippen LogP contribution in [0.5, 0.6) is 0 Å². The highest BCUT2D eigenvalue weighted by molar-refractivity contribution is 5.83. The Labute approximate surface area is 129 Å². The second-order valence-electron chi connectivity index (χ2n) is 6.64. The van der Waals surface area contributed by atoms with Crippen molar-refractivity contribution in [2.24, 2.45) is 0 Å². The second-order valence-corrected chi connectivity index (χ2v) is 6.64. The molecular weight excluding hydrogens is 272 g/mol. The first-order valence-corrected chi connectivity index (χ1v) is 7.51. The van der Waals surface area contributed by atoms with Crippen molar-refractivity contribution in [1.29, 1.82) is 0 Å². The molecule has 0 aliphatic rings. The number of hydrogen-bond acceptors (Lipinski definition) is 2. The van der Waals surface area contributed by atoms with Crippen LogP contribution in [-0.2, 0) is 5.41 Å². The molecule has 0 radical (unpaired) electrons. The van der Waals surface area contributed by atoms with Gasteiger partial charge in [-0.2, -0.15) is 4.98 Å². The van der Waals surface area contributed by atoms with E-state index in [0.29, 0.717) is 6.01 Å². The van der Waals surface area contributed by atoms with E-state index in [2.05, 4.69) is 54.6 Å². The minimum absolute atomic E-state index is 0.000323. The third kappa shape index (κ3) is 1.93. The van der Waals surface area contributed by atoms with Crippen LogP contribution in [0, 0.1) is 0 Å². The van der Waals surface area contributed by atoms with Gasteiger partial charge in [0, 0.05) is 16.5 Å². The fraction of sp³-hybridized carbons (Fsp3) is 0.211. The van der Waals surface area contributed by atoms with E-state index in [4.69, 9.17) is 4.42 Å². The first-order chi connectivity index (χ1) is 10.5. The fourth-order valence-corrected chi connectivity index (χ4v) is 2.87. The van der Waals surface area contributed by atoms with Gasteiger partial charge >= 0.3 is 6.01 Å². The van der Waals surface area contributed by atoms with Crippen LogP contribution in [0.3, 0.4) is 0 Å². The number of para-hydroxylation sites is 3. The number of nitrogens with zero attached hydrogens (tertiary/aromatic N) is 2. The maximum atomic E-state index is 6.01. The van der Waals surface area contributed by atoms with Crippen LogP contribution < -0.4 is 0 Å². The lowest BCUT2D eigenvalue weighted by atomic mass is 9.92. The van der Waals surface area contributed by atoms with Crippen molar-refractivity contribution in [3.05, 3.63) is 60.3 Å². The first-order valence-electron chi connectivity index (χ1n) is 7.51. The Balaban J connectivity index is 2.08. The normalized spacial score (nSPS) is 12.3. The van der Waals surface area contributed by atoms with Crippen LogP contribution in [0.25, 0.3) is 28.0 Å². The topological polar surface area (TPSA) is 31.0 Å². The van der Waals surface area contributed by atoms with Crippen LogP contribution in [0.15, 0.2) is 59.0 Å². The van der Waals surface area contributed by atoms with Gasteiger partial charge in [0.1, 0.15) is 5.52 Å². The molecule has 4 aromatic rings. The zero-order valence-corrected chi connectivity index (χ0v) is 13.0. The van der Waals surface area contributed by atoms with E-state index >= 15 is 0 Å². The highest BCUT2D eigenvalue weighted by Crippen LogP contribution is 2.33. The average Bonchev–Trinajstić information content (AvgIpc) is 3.07. The molecule has 0 saturated heterocycles. The monoisotopic (exact) mass is 290 g/mol. The maximum absolute atomic E-state index is 6.01. The summed E-state index contributed by atoms with van der Waals surface area (Å²) in [6.07, 6.45) is 0. The summed E-state index contributed by atoms with van der Waals surface area (Å²) in [4.78, 5) is 4.68. The van der Waals surface area contributed by atoms with Gasteiger partial charge < -0.3 is 4.42 Å². The zero-order chi connectivity index (χ0) is 15.3. The van der Waals surface area contributed by atoms with Crippen LogP contribution in [0.1, 0.15) is 26.5 Å². The van der Waals surface area contributed by atoms with Crippen molar-refractivity contribution in [1.82, 2.24) is 9.55 Å². The van der Waals surface area contributed by atoms with Gasteiger partial charge in [-0.15, -0.1) is 0 Å². The number of benzene rings is 2. The molecule has 3 heteroatoms. The summed E-state index contributed by atoms with van der Waals surface area (Å²) in [5.74, 6) is 0. The molecule has 0 spiro atoms. The van der Waals surface area contributed by atoms with Gasteiger partial charge in [-0.1, -0.05) is 51.1 Å². The Kier molecular flexibility index (Phi) is 2.67. The van der Waals surface area contributed by atoms with E-state index in [0.717, 1.165) is 16.6 Å². The van der Waals surface area contributed by atoms with E-state index in [9.17, 15) is 0 Å². The van der Waals surface area contributed by atoms with Gasteiger partial charge in [0.05, 0.1) is 5.52 Å². The lowest BCUT2D eigenvalue weighted by molar-refractivity contribution is 0.514. The molecule has 110 valence electrons. The van der Waals surface area contributed by atoms with Gasteiger partial charge in [0.2, 0.25) is 0 Å². The Morgan fingerprint density at radius 1 is 0.955 bits per heavy atom. The van der Waals surface area contributed by atoms with Crippen molar-refractivity contribution in [3.8, 4) is 6.01 Å². The Bertz CT molecular complexity index is 937. The Morgan fingerprint density at radius 2 is 1.68 bits per heavy atom. The molecule has 0 bridgehead atoms. The van der Waals surface area contributed by atoms with E-state index < -0.39 is 0 Å². The SMILES string of the molecule is CC(C)(C)c1cc2ccccc2n1-c1nc2ccccc2o1. The Hall–Kier alpha value is -2.55. The minimum atomic E-state index is -0.000323. The fourth-order valence-electron chi connectivity index (χ4n) is 2.87. The molecule has 0 aliphatic heterocycles. The molecule has 2 aromatic carbocycles. The number of oxazole rings is 1. The van der Waals surface area contributed by atoms with Crippen LogP contribution >= 0.6 is 0 Å². The molecule has 22 heavy (non-hydrogen) atoms. The highest BCUT2D eigenvalue weighted by Gasteiger charge is 2.24. The molecule has 2 aromatic heterocycles. The molecule has 0 unspecified atom stereocenters. The first kappa shape index (κ1) is 13.1. The van der Waals surface area contributed by atoms with E-state index in [1.54, 1.807) is 0 Å². The van der Waals surface area contributed by atoms with Crippen LogP contribution in [0.4, 0.5) is 0 Å². The third-order valence-corrected chi connectivity index (χ3v) is 3.95. The number of hydrogen-bond donors (Lipinski definition) is 0. The van der Waals surface area contributed by atoms with Gasteiger partial charge in [0.25, 0.3) is 0 Å². The summed E-state index contributed by atoms with van der Waals surface area (Å²) < 4.78 is 8.14. The maximum Gasteiger partial charge on any atom is 0.307 e. The number of rotatable bonds is 1. The molecule has 4 rings (SSSR count).